The number of hydrogen-bond acceptors (Lipinski definition) is 2. The van der Waals surface area contributed by atoms with E-state index in [4.69, 9.17) is 0 Å². The molecule has 122 valence electrons. The summed E-state index contributed by atoms with van der Waals surface area (Å²) in [5.41, 5.74) is 2.96. The molecule has 0 aromatic heterocycles. The second kappa shape index (κ2) is 7.43. The van der Waals surface area contributed by atoms with Gasteiger partial charge in [-0.15, -0.1) is 0 Å². The highest BCUT2D eigenvalue weighted by Crippen LogP contribution is 2.37. The quantitative estimate of drug-likeness (QED) is 0.675. The zero-order valence-electron chi connectivity index (χ0n) is 13.9. The van der Waals surface area contributed by atoms with E-state index in [1.807, 2.05) is 25.1 Å². The molecule has 3 aromatic rings. The molecule has 0 aliphatic heterocycles. The molecule has 0 fully saturated rings. The second-order valence-electron chi connectivity index (χ2n) is 6.08. The van der Waals surface area contributed by atoms with Gasteiger partial charge in [-0.3, -0.25) is 5.32 Å². The van der Waals surface area contributed by atoms with E-state index in [2.05, 4.69) is 78.1 Å². The van der Waals surface area contributed by atoms with Crippen molar-refractivity contribution in [3.63, 3.8) is 0 Å². The van der Waals surface area contributed by atoms with Crippen LogP contribution in [0.4, 0.5) is 0 Å². The van der Waals surface area contributed by atoms with Crippen molar-refractivity contribution < 1.29 is 5.11 Å². The van der Waals surface area contributed by atoms with Crippen molar-refractivity contribution in [2.75, 3.05) is 6.61 Å². The molecule has 2 nitrogen and oxygen atoms in total. The van der Waals surface area contributed by atoms with Crippen LogP contribution >= 0.6 is 0 Å². The van der Waals surface area contributed by atoms with Crippen LogP contribution in [0.3, 0.4) is 0 Å². The van der Waals surface area contributed by atoms with Gasteiger partial charge in [0, 0.05) is 6.04 Å². The van der Waals surface area contributed by atoms with Gasteiger partial charge in [0.25, 0.3) is 0 Å². The van der Waals surface area contributed by atoms with E-state index in [1.54, 1.807) is 0 Å². The van der Waals surface area contributed by atoms with Gasteiger partial charge in [-0.2, -0.15) is 0 Å². The minimum absolute atomic E-state index is 0.0504. The predicted molar refractivity (Wildman–Crippen MR) is 98.9 cm³/mol. The summed E-state index contributed by atoms with van der Waals surface area (Å²) in [5, 5.41) is 13.4. The maximum absolute atomic E-state index is 9.68. The van der Waals surface area contributed by atoms with Gasteiger partial charge >= 0.3 is 0 Å². The summed E-state index contributed by atoms with van der Waals surface area (Å²) in [6.07, 6.45) is 0. The molecule has 0 saturated heterocycles. The van der Waals surface area contributed by atoms with Crippen molar-refractivity contribution in [3.8, 4) is 0 Å². The molecule has 0 saturated carbocycles. The van der Waals surface area contributed by atoms with Crippen LogP contribution in [0.2, 0.25) is 0 Å². The number of hydrogen-bond donors (Lipinski definition) is 2. The minimum atomic E-state index is -0.508. The fourth-order valence-electron chi connectivity index (χ4n) is 3.23. The molecule has 0 amide bonds. The summed E-state index contributed by atoms with van der Waals surface area (Å²) in [6.45, 7) is 2.08. The van der Waals surface area contributed by atoms with Gasteiger partial charge in [-0.05, 0) is 23.6 Å². The highest BCUT2D eigenvalue weighted by Gasteiger charge is 2.36. The van der Waals surface area contributed by atoms with Crippen molar-refractivity contribution in [1.82, 2.24) is 5.32 Å². The average Bonchev–Trinajstić information content (AvgIpc) is 2.68. The molecular formula is C22H23NO. The molecule has 0 unspecified atom stereocenters. The third-order valence-electron chi connectivity index (χ3n) is 4.36. The Kier molecular flexibility index (Phi) is 5.09. The van der Waals surface area contributed by atoms with Gasteiger partial charge in [-0.25, -0.2) is 0 Å². The summed E-state index contributed by atoms with van der Waals surface area (Å²) in [5.74, 6) is 0. The Morgan fingerprint density at radius 2 is 1.04 bits per heavy atom. The van der Waals surface area contributed by atoms with Crippen molar-refractivity contribution in [3.05, 3.63) is 108 Å². The number of aliphatic hydroxyl groups is 1. The highest BCUT2D eigenvalue weighted by atomic mass is 16.3. The lowest BCUT2D eigenvalue weighted by Crippen LogP contribution is -2.50. The molecule has 2 N–H and O–H groups in total. The van der Waals surface area contributed by atoms with E-state index in [0.717, 1.165) is 16.7 Å². The first-order chi connectivity index (χ1) is 11.8. The Morgan fingerprint density at radius 3 is 1.33 bits per heavy atom. The van der Waals surface area contributed by atoms with E-state index in [9.17, 15) is 5.11 Å². The topological polar surface area (TPSA) is 32.3 Å². The normalized spacial score (nSPS) is 12.8. The summed E-state index contributed by atoms with van der Waals surface area (Å²) in [7, 11) is 0. The monoisotopic (exact) mass is 317 g/mol. The highest BCUT2D eigenvalue weighted by molar-refractivity contribution is 5.49. The average molecular weight is 317 g/mol. The van der Waals surface area contributed by atoms with Crippen molar-refractivity contribution in [2.24, 2.45) is 0 Å². The van der Waals surface area contributed by atoms with Gasteiger partial charge in [0.05, 0.1) is 12.1 Å². The van der Waals surface area contributed by atoms with E-state index in [0.29, 0.717) is 0 Å². The number of rotatable bonds is 6. The molecule has 3 rings (SSSR count). The lowest BCUT2D eigenvalue weighted by atomic mass is 9.76. The van der Waals surface area contributed by atoms with Crippen LogP contribution in [0.25, 0.3) is 0 Å². The Labute approximate surface area is 143 Å². The van der Waals surface area contributed by atoms with E-state index >= 15 is 0 Å². The first-order valence-electron chi connectivity index (χ1n) is 8.32. The maximum Gasteiger partial charge on any atom is 0.0950 e. The second-order valence-corrected chi connectivity index (χ2v) is 6.08. The summed E-state index contributed by atoms with van der Waals surface area (Å²) >= 11 is 0. The molecule has 24 heavy (non-hydrogen) atoms. The standard InChI is InChI=1S/C22H23NO/c1-18(17-24)23-22(19-11-5-2-6-12-19,20-13-7-3-8-14-20)21-15-9-4-10-16-21/h2-16,18,23-24H,17H2,1H3/t18-/m1/s1. The van der Waals surface area contributed by atoms with Gasteiger partial charge in [0.1, 0.15) is 0 Å². The molecule has 1 atom stereocenters. The van der Waals surface area contributed by atoms with Crippen LogP contribution < -0.4 is 5.32 Å². The smallest absolute Gasteiger partial charge is 0.0950 e. The van der Waals surface area contributed by atoms with Crippen LogP contribution in [-0.4, -0.2) is 17.8 Å². The predicted octanol–water partition coefficient (Wildman–Crippen LogP) is 3.95. The summed E-state index contributed by atoms with van der Waals surface area (Å²) in [6, 6.07) is 31.2. The van der Waals surface area contributed by atoms with Crippen LogP contribution in [0, 0.1) is 0 Å². The van der Waals surface area contributed by atoms with Crippen LogP contribution in [0.5, 0.6) is 0 Å². The van der Waals surface area contributed by atoms with Gasteiger partial charge in [-0.1, -0.05) is 91.0 Å². The van der Waals surface area contributed by atoms with Gasteiger partial charge in [0.2, 0.25) is 0 Å². The number of aliphatic hydroxyl groups excluding tert-OH is 1. The largest absolute Gasteiger partial charge is 0.395 e. The van der Waals surface area contributed by atoms with E-state index < -0.39 is 5.54 Å². The zero-order valence-corrected chi connectivity index (χ0v) is 13.9. The SMILES string of the molecule is C[C@H](CO)NC(c1ccccc1)(c1ccccc1)c1ccccc1. The van der Waals surface area contributed by atoms with E-state index in [-0.39, 0.29) is 12.6 Å². The Balaban J connectivity index is 2.28. The molecule has 3 aromatic carbocycles. The summed E-state index contributed by atoms with van der Waals surface area (Å²) in [4.78, 5) is 0. The first kappa shape index (κ1) is 16.4. The Morgan fingerprint density at radius 1 is 0.708 bits per heavy atom. The fourth-order valence-corrected chi connectivity index (χ4v) is 3.23. The van der Waals surface area contributed by atoms with Gasteiger partial charge in [0.15, 0.2) is 0 Å². The number of nitrogens with one attached hydrogen (secondary N) is 1. The molecule has 0 heterocycles. The molecule has 0 radical (unpaired) electrons. The third-order valence-corrected chi connectivity index (χ3v) is 4.36. The lowest BCUT2D eigenvalue weighted by Gasteiger charge is -2.39. The molecule has 0 aliphatic rings. The van der Waals surface area contributed by atoms with E-state index in [1.165, 1.54) is 0 Å². The fraction of sp³-hybridized carbons (Fsp3) is 0.182. The molecular weight excluding hydrogens is 294 g/mol. The Hall–Kier alpha value is -2.42. The molecule has 0 bridgehead atoms. The number of benzene rings is 3. The molecule has 2 heteroatoms. The molecule has 0 aliphatic carbocycles. The van der Waals surface area contributed by atoms with Crippen LogP contribution in [0.1, 0.15) is 23.6 Å². The lowest BCUT2D eigenvalue weighted by molar-refractivity contribution is 0.232. The van der Waals surface area contributed by atoms with Crippen LogP contribution in [-0.2, 0) is 5.54 Å². The van der Waals surface area contributed by atoms with Gasteiger partial charge < -0.3 is 5.11 Å². The third kappa shape index (κ3) is 3.12. The maximum atomic E-state index is 9.68. The minimum Gasteiger partial charge on any atom is -0.395 e. The zero-order chi connectivity index (χ0) is 16.8. The Bertz CT molecular complexity index is 644. The first-order valence-corrected chi connectivity index (χ1v) is 8.32. The van der Waals surface area contributed by atoms with Crippen molar-refractivity contribution in [1.29, 1.82) is 0 Å². The van der Waals surface area contributed by atoms with Crippen molar-refractivity contribution >= 4 is 0 Å². The molecule has 0 spiro atoms. The van der Waals surface area contributed by atoms with Crippen molar-refractivity contribution in [2.45, 2.75) is 18.5 Å². The summed E-state index contributed by atoms with van der Waals surface area (Å²) < 4.78 is 0. The van der Waals surface area contributed by atoms with Crippen LogP contribution in [0.15, 0.2) is 91.0 Å².